The van der Waals surface area contributed by atoms with Crippen molar-refractivity contribution in [2.24, 2.45) is 10.7 Å². The molecule has 9 heteroatoms. The van der Waals surface area contributed by atoms with Gasteiger partial charge in [0.05, 0.1) is 29.4 Å². The summed E-state index contributed by atoms with van der Waals surface area (Å²) in [4.78, 5) is 6.38. The Hall–Kier alpha value is -1.61. The fourth-order valence-electron chi connectivity index (χ4n) is 2.88. The van der Waals surface area contributed by atoms with Crippen molar-refractivity contribution in [1.82, 2.24) is 4.90 Å². The van der Waals surface area contributed by atoms with Crippen molar-refractivity contribution in [3.63, 3.8) is 0 Å². The van der Waals surface area contributed by atoms with E-state index in [1.54, 1.807) is 7.11 Å². The molecule has 0 aromatic heterocycles. The summed E-state index contributed by atoms with van der Waals surface area (Å²) in [7, 11) is 3.44. The zero-order valence-electron chi connectivity index (χ0n) is 16.0. The zero-order valence-corrected chi connectivity index (χ0v) is 16.7. The minimum atomic E-state index is -4.60. The number of hydrogen-bond acceptors (Lipinski definition) is 5. The van der Waals surface area contributed by atoms with Crippen LogP contribution in [-0.4, -0.2) is 64.2 Å². The molecule has 0 aliphatic carbocycles. The van der Waals surface area contributed by atoms with Gasteiger partial charge in [-0.25, -0.2) is 0 Å². The normalized spacial score (nSPS) is 14.4. The summed E-state index contributed by atoms with van der Waals surface area (Å²) in [6.45, 7) is 2.78. The molecule has 2 rings (SSSR count). The predicted octanol–water partition coefficient (Wildman–Crippen LogP) is 3.39. The molecular weight excluding hydrogens is 395 g/mol. The largest absolute Gasteiger partial charge is 0.492 e. The highest BCUT2D eigenvalue weighted by Gasteiger charge is 2.36. The van der Waals surface area contributed by atoms with Crippen LogP contribution in [0.1, 0.15) is 17.5 Å². The van der Waals surface area contributed by atoms with Gasteiger partial charge in [0.2, 0.25) is 0 Å². The summed E-state index contributed by atoms with van der Waals surface area (Å²) in [5.41, 5.74) is 6.35. The Balaban J connectivity index is 2.33. The molecule has 0 bridgehead atoms. The van der Waals surface area contributed by atoms with Crippen LogP contribution in [0.15, 0.2) is 28.8 Å². The maximum atomic E-state index is 13.5. The fourth-order valence-corrected chi connectivity index (χ4v) is 3.15. The number of methoxy groups -OCH3 is 1. The first-order chi connectivity index (χ1) is 13.3. The number of rotatable bonds is 10. The maximum Gasteiger partial charge on any atom is 0.418 e. The van der Waals surface area contributed by atoms with Crippen LogP contribution >= 0.6 is 11.6 Å². The van der Waals surface area contributed by atoms with Gasteiger partial charge in [-0.1, -0.05) is 17.7 Å². The molecule has 2 N–H and O–H groups in total. The quantitative estimate of drug-likeness (QED) is 0.590. The SMILES string of the molecule is COCCCOc1cc(C2=NCC=C2CN(C)CCN)cc(C(F)(F)F)c1Cl. The Morgan fingerprint density at radius 1 is 1.29 bits per heavy atom. The Bertz CT molecular complexity index is 736. The van der Waals surface area contributed by atoms with Gasteiger partial charge in [-0.05, 0) is 24.8 Å². The van der Waals surface area contributed by atoms with E-state index in [4.69, 9.17) is 26.8 Å². The molecule has 156 valence electrons. The molecule has 28 heavy (non-hydrogen) atoms. The van der Waals surface area contributed by atoms with Crippen LogP contribution in [0.2, 0.25) is 5.02 Å². The van der Waals surface area contributed by atoms with Crippen LogP contribution in [0.5, 0.6) is 5.75 Å². The highest BCUT2D eigenvalue weighted by Crippen LogP contribution is 2.41. The summed E-state index contributed by atoms with van der Waals surface area (Å²) in [5, 5.41) is -0.446. The summed E-state index contributed by atoms with van der Waals surface area (Å²) in [6.07, 6.45) is -2.16. The monoisotopic (exact) mass is 419 g/mol. The molecule has 0 atom stereocenters. The molecule has 0 radical (unpaired) electrons. The number of hydrogen-bond donors (Lipinski definition) is 1. The van der Waals surface area contributed by atoms with Crippen molar-refractivity contribution in [1.29, 1.82) is 0 Å². The molecule has 0 saturated carbocycles. The Morgan fingerprint density at radius 3 is 2.68 bits per heavy atom. The second-order valence-electron chi connectivity index (χ2n) is 6.47. The number of halogens is 4. The average Bonchev–Trinajstić information content (AvgIpc) is 3.07. The van der Waals surface area contributed by atoms with Crippen LogP contribution < -0.4 is 10.5 Å². The number of likely N-dealkylation sites (N-methyl/N-ethyl adjacent to an activating group) is 1. The Morgan fingerprint density at radius 2 is 2.04 bits per heavy atom. The molecule has 0 spiro atoms. The second kappa shape index (κ2) is 10.2. The molecule has 1 aromatic rings. The van der Waals surface area contributed by atoms with Crippen LogP contribution in [-0.2, 0) is 10.9 Å². The Labute approximate surface area is 168 Å². The van der Waals surface area contributed by atoms with Gasteiger partial charge in [-0.2, -0.15) is 13.2 Å². The Kier molecular flexibility index (Phi) is 8.30. The molecule has 0 unspecified atom stereocenters. The van der Waals surface area contributed by atoms with Gasteiger partial charge in [0, 0.05) is 45.3 Å². The van der Waals surface area contributed by atoms with Crippen molar-refractivity contribution >= 4 is 17.3 Å². The number of benzene rings is 1. The highest BCUT2D eigenvalue weighted by molar-refractivity contribution is 6.33. The minimum Gasteiger partial charge on any atom is -0.492 e. The summed E-state index contributed by atoms with van der Waals surface area (Å²) in [5.74, 6) is -0.00754. The van der Waals surface area contributed by atoms with Gasteiger partial charge in [0.25, 0.3) is 0 Å². The molecule has 0 amide bonds. The van der Waals surface area contributed by atoms with Crippen LogP contribution in [0.25, 0.3) is 0 Å². The van der Waals surface area contributed by atoms with Crippen molar-refractivity contribution in [3.8, 4) is 5.75 Å². The van der Waals surface area contributed by atoms with Gasteiger partial charge >= 0.3 is 6.18 Å². The third-order valence-corrected chi connectivity index (χ3v) is 4.60. The lowest BCUT2D eigenvalue weighted by Gasteiger charge is -2.19. The second-order valence-corrected chi connectivity index (χ2v) is 6.85. The third kappa shape index (κ3) is 5.94. The van der Waals surface area contributed by atoms with Gasteiger partial charge in [0.1, 0.15) is 5.75 Å². The van der Waals surface area contributed by atoms with Crippen LogP contribution in [0.3, 0.4) is 0 Å². The molecule has 0 saturated heterocycles. The topological polar surface area (TPSA) is 60.1 Å². The predicted molar refractivity (Wildman–Crippen MR) is 104 cm³/mol. The first-order valence-corrected chi connectivity index (χ1v) is 9.31. The van der Waals surface area contributed by atoms with E-state index in [0.717, 1.165) is 11.6 Å². The molecule has 1 heterocycles. The zero-order chi connectivity index (χ0) is 20.7. The van der Waals surface area contributed by atoms with E-state index in [1.807, 2.05) is 18.0 Å². The lowest BCUT2D eigenvalue weighted by atomic mass is 10.00. The van der Waals surface area contributed by atoms with Crippen molar-refractivity contribution in [3.05, 3.63) is 39.9 Å². The number of ether oxygens (including phenoxy) is 2. The number of nitrogens with two attached hydrogens (primary N) is 1. The average molecular weight is 420 g/mol. The van der Waals surface area contributed by atoms with Gasteiger partial charge in [-0.3, -0.25) is 4.99 Å². The lowest BCUT2D eigenvalue weighted by molar-refractivity contribution is -0.137. The first kappa shape index (κ1) is 22.7. The molecule has 1 aliphatic rings. The van der Waals surface area contributed by atoms with Crippen LogP contribution in [0.4, 0.5) is 13.2 Å². The van der Waals surface area contributed by atoms with E-state index in [0.29, 0.717) is 50.5 Å². The summed E-state index contributed by atoms with van der Waals surface area (Å²) >= 11 is 5.99. The molecule has 5 nitrogen and oxygen atoms in total. The van der Waals surface area contributed by atoms with Crippen molar-refractivity contribution < 1.29 is 22.6 Å². The van der Waals surface area contributed by atoms with E-state index in [2.05, 4.69) is 4.99 Å². The van der Waals surface area contributed by atoms with E-state index >= 15 is 0 Å². The minimum absolute atomic E-state index is 0.00754. The molecule has 0 fully saturated rings. The standard InChI is InChI=1S/C19H25ClF3N3O2/c1-26(7-5-24)12-13-4-6-25-18(13)14-10-15(19(21,22)23)17(20)16(11-14)28-9-3-8-27-2/h4,10-11H,3,5-9,12,24H2,1-2H3. The highest BCUT2D eigenvalue weighted by atomic mass is 35.5. The molecule has 1 aromatic carbocycles. The number of nitrogens with zero attached hydrogens (tertiary/aromatic N) is 2. The van der Waals surface area contributed by atoms with Gasteiger partial charge < -0.3 is 20.1 Å². The van der Waals surface area contributed by atoms with Gasteiger partial charge in [0.15, 0.2) is 0 Å². The van der Waals surface area contributed by atoms with E-state index in [1.165, 1.54) is 6.07 Å². The molecule has 1 aliphatic heterocycles. The smallest absolute Gasteiger partial charge is 0.418 e. The summed E-state index contributed by atoms with van der Waals surface area (Å²) in [6, 6.07) is 2.55. The fraction of sp³-hybridized carbons (Fsp3) is 0.526. The number of alkyl halides is 3. The third-order valence-electron chi connectivity index (χ3n) is 4.21. The van der Waals surface area contributed by atoms with E-state index < -0.39 is 16.8 Å². The van der Waals surface area contributed by atoms with Crippen molar-refractivity contribution in [2.45, 2.75) is 12.6 Å². The molecular formula is C19H25ClF3N3O2. The van der Waals surface area contributed by atoms with E-state index in [9.17, 15) is 13.2 Å². The van der Waals surface area contributed by atoms with Crippen LogP contribution in [0, 0.1) is 0 Å². The van der Waals surface area contributed by atoms with Gasteiger partial charge in [-0.15, -0.1) is 0 Å². The van der Waals surface area contributed by atoms with E-state index in [-0.39, 0.29) is 12.4 Å². The van der Waals surface area contributed by atoms with Crippen molar-refractivity contribution in [2.75, 3.05) is 53.6 Å². The lowest BCUT2D eigenvalue weighted by Crippen LogP contribution is -2.29. The maximum absolute atomic E-state index is 13.5. The summed E-state index contributed by atoms with van der Waals surface area (Å²) < 4.78 is 51.0. The first-order valence-electron chi connectivity index (χ1n) is 8.93. The number of aliphatic imine (C=N–C) groups is 1.